The minimum absolute atomic E-state index is 0.0417. The number of aromatic nitrogens is 1. The van der Waals surface area contributed by atoms with Crippen molar-refractivity contribution in [3.63, 3.8) is 0 Å². The Morgan fingerprint density at radius 2 is 2.13 bits per heavy atom. The average molecular weight is 439 g/mol. The fraction of sp³-hybridized carbons (Fsp3) is 0.381. The van der Waals surface area contributed by atoms with E-state index in [1.165, 1.54) is 17.0 Å². The van der Waals surface area contributed by atoms with E-state index in [9.17, 15) is 13.2 Å². The van der Waals surface area contributed by atoms with Crippen molar-refractivity contribution in [2.45, 2.75) is 49.7 Å². The van der Waals surface area contributed by atoms with Crippen LogP contribution in [-0.2, 0) is 16.6 Å². The molecule has 160 valence electrons. The molecule has 2 aromatic rings. The zero-order valence-corrected chi connectivity index (χ0v) is 17.9. The van der Waals surface area contributed by atoms with Gasteiger partial charge in [0.05, 0.1) is 34.9 Å². The van der Waals surface area contributed by atoms with Crippen LogP contribution in [0, 0.1) is 19.3 Å². The van der Waals surface area contributed by atoms with E-state index in [2.05, 4.69) is 20.8 Å². The number of carbonyl (C=O) groups is 1. The van der Waals surface area contributed by atoms with Crippen molar-refractivity contribution in [3.8, 4) is 12.3 Å². The van der Waals surface area contributed by atoms with E-state index in [1.807, 2.05) is 6.92 Å². The first-order chi connectivity index (χ1) is 14.7. The molecular weight excluding hydrogens is 418 g/mol. The largest absolute Gasteiger partial charge is 0.359 e. The number of aliphatic imine (C=N–C) groups is 1. The number of hydrogen-bond donors (Lipinski definition) is 1. The average Bonchev–Trinajstić information content (AvgIpc) is 3.12. The summed E-state index contributed by atoms with van der Waals surface area (Å²) in [6, 6.07) is 5.90. The van der Waals surface area contributed by atoms with Crippen LogP contribution in [0.3, 0.4) is 0 Å². The van der Waals surface area contributed by atoms with E-state index in [-0.39, 0.29) is 29.0 Å². The highest BCUT2D eigenvalue weighted by atomic mass is 32.2. The van der Waals surface area contributed by atoms with Crippen molar-refractivity contribution in [1.82, 2.24) is 14.8 Å². The highest BCUT2D eigenvalue weighted by molar-refractivity contribution is 7.89. The van der Waals surface area contributed by atoms with E-state index in [0.717, 1.165) is 12.8 Å². The lowest BCUT2D eigenvalue weighted by atomic mass is 10.1. The molecule has 5 rings (SSSR count). The van der Waals surface area contributed by atoms with Crippen LogP contribution in [0.5, 0.6) is 0 Å². The number of carbonyl (C=O) groups excluding carboxylic acids is 1. The summed E-state index contributed by atoms with van der Waals surface area (Å²) >= 11 is 0. The van der Waals surface area contributed by atoms with Crippen LogP contribution in [-0.4, -0.2) is 48.5 Å². The third kappa shape index (κ3) is 3.30. The number of aryl methyl sites for hydroxylation is 1. The van der Waals surface area contributed by atoms with Gasteiger partial charge in [-0.1, -0.05) is 11.1 Å². The first-order valence-electron chi connectivity index (χ1n) is 9.93. The Labute approximate surface area is 180 Å². The van der Waals surface area contributed by atoms with Crippen molar-refractivity contribution >= 4 is 27.6 Å². The van der Waals surface area contributed by atoms with Crippen molar-refractivity contribution in [1.29, 1.82) is 0 Å². The van der Waals surface area contributed by atoms with Crippen LogP contribution < -0.4 is 9.62 Å². The van der Waals surface area contributed by atoms with E-state index in [1.54, 1.807) is 24.0 Å². The molecule has 0 spiro atoms. The molecule has 0 radical (unpaired) electrons. The number of sulfonamides is 1. The summed E-state index contributed by atoms with van der Waals surface area (Å²) in [5, 5.41) is 3.87. The van der Waals surface area contributed by atoms with Gasteiger partial charge in [0.1, 0.15) is 6.04 Å². The third-order valence-corrected chi connectivity index (χ3v) is 7.39. The van der Waals surface area contributed by atoms with Crippen molar-refractivity contribution in [2.75, 3.05) is 11.4 Å². The van der Waals surface area contributed by atoms with Gasteiger partial charge in [0.2, 0.25) is 16.0 Å². The minimum atomic E-state index is -3.76. The second-order valence-corrected chi connectivity index (χ2v) is 10.0. The fourth-order valence-electron chi connectivity index (χ4n) is 3.85. The van der Waals surface area contributed by atoms with Gasteiger partial charge >= 0.3 is 0 Å². The molecule has 1 amide bonds. The molecule has 2 aliphatic heterocycles. The van der Waals surface area contributed by atoms with E-state index in [0.29, 0.717) is 29.6 Å². The molecule has 1 N–H and O–H groups in total. The number of hydrogen-bond acceptors (Lipinski definition) is 7. The summed E-state index contributed by atoms with van der Waals surface area (Å²) < 4.78 is 33.7. The van der Waals surface area contributed by atoms with Gasteiger partial charge in [0, 0.05) is 11.6 Å². The molecule has 1 atom stereocenters. The molecule has 9 nitrogen and oxygen atoms in total. The highest BCUT2D eigenvalue weighted by Crippen LogP contribution is 2.38. The smallest absolute Gasteiger partial charge is 0.263 e. The quantitative estimate of drug-likeness (QED) is 0.710. The van der Waals surface area contributed by atoms with Gasteiger partial charge in [-0.2, -0.15) is 0 Å². The topological polar surface area (TPSA) is 108 Å². The summed E-state index contributed by atoms with van der Waals surface area (Å²) in [4.78, 5) is 21.2. The Hall–Kier alpha value is -3.16. The van der Waals surface area contributed by atoms with Crippen LogP contribution in [0.25, 0.3) is 0 Å². The zero-order chi connectivity index (χ0) is 22.0. The van der Waals surface area contributed by atoms with E-state index in [4.69, 9.17) is 10.9 Å². The predicted molar refractivity (Wildman–Crippen MR) is 113 cm³/mol. The maximum atomic E-state index is 13.4. The first kappa shape index (κ1) is 19.8. The molecule has 1 aromatic heterocycles. The number of amides is 1. The number of rotatable bonds is 5. The summed E-state index contributed by atoms with van der Waals surface area (Å²) in [6.07, 6.45) is 7.29. The van der Waals surface area contributed by atoms with Gasteiger partial charge < -0.3 is 4.52 Å². The molecule has 0 unspecified atom stereocenters. The summed E-state index contributed by atoms with van der Waals surface area (Å²) in [5.41, 5.74) is 1.07. The van der Waals surface area contributed by atoms with Crippen LogP contribution >= 0.6 is 0 Å². The van der Waals surface area contributed by atoms with Crippen molar-refractivity contribution in [2.24, 2.45) is 4.99 Å². The van der Waals surface area contributed by atoms with Crippen LogP contribution in [0.4, 0.5) is 5.69 Å². The molecule has 1 saturated carbocycles. The van der Waals surface area contributed by atoms with Crippen LogP contribution in [0.1, 0.15) is 41.6 Å². The monoisotopic (exact) mass is 439 g/mol. The predicted octanol–water partition coefficient (Wildman–Crippen LogP) is 1.65. The molecule has 1 aromatic carbocycles. The number of fused-ring (bicyclic) bond motifs is 3. The number of nitrogens with one attached hydrogen (secondary N) is 1. The van der Waals surface area contributed by atoms with E-state index < -0.39 is 15.6 Å². The number of anilines is 1. The van der Waals surface area contributed by atoms with Crippen molar-refractivity contribution < 1.29 is 17.7 Å². The maximum absolute atomic E-state index is 13.4. The number of guanidine groups is 1. The summed E-state index contributed by atoms with van der Waals surface area (Å²) in [6.45, 7) is 4.10. The lowest BCUT2D eigenvalue weighted by Crippen LogP contribution is -2.52. The van der Waals surface area contributed by atoms with Crippen molar-refractivity contribution in [3.05, 3.63) is 41.3 Å². The number of terminal acetylenes is 1. The maximum Gasteiger partial charge on any atom is 0.263 e. The molecule has 3 aliphatic rings. The SMILES string of the molecule is C#C[C@H]1CN=C2N(Cc3cc(C)no3)C(=O)c3cc(S(=O)(=O)NC4(C)CC4)ccc3N21. The lowest BCUT2D eigenvalue weighted by molar-refractivity contribution is 0.0823. The fourth-order valence-corrected chi connectivity index (χ4v) is 5.34. The number of benzene rings is 1. The molecule has 1 aliphatic carbocycles. The Balaban J connectivity index is 1.57. The molecule has 10 heteroatoms. The van der Waals surface area contributed by atoms with Crippen LogP contribution in [0.15, 0.2) is 38.7 Å². The second kappa shape index (κ2) is 6.67. The normalized spacial score (nSPS) is 21.4. The molecule has 0 saturated heterocycles. The summed E-state index contributed by atoms with van der Waals surface area (Å²) in [5.74, 6) is 3.25. The standard InChI is InChI=1S/C21H21N5O4S/c1-4-14-11-22-20-25(12-15-9-13(2)23-30-15)19(27)17-10-16(5-6-18(17)26(14)20)31(28,29)24-21(3)7-8-21/h1,5-6,9-10,14,24H,7-8,11-12H2,2-3H3/t14-/m0/s1. The summed E-state index contributed by atoms with van der Waals surface area (Å²) in [7, 11) is -3.76. The zero-order valence-electron chi connectivity index (χ0n) is 17.1. The Morgan fingerprint density at radius 1 is 1.35 bits per heavy atom. The van der Waals surface area contributed by atoms with Crippen LogP contribution in [0.2, 0.25) is 0 Å². The van der Waals surface area contributed by atoms with Gasteiger partial charge in [0.25, 0.3) is 5.91 Å². The van der Waals surface area contributed by atoms with Gasteiger partial charge in [-0.3, -0.25) is 14.6 Å². The van der Waals surface area contributed by atoms with E-state index >= 15 is 0 Å². The lowest BCUT2D eigenvalue weighted by Gasteiger charge is -2.37. The molecule has 3 heterocycles. The Bertz CT molecular complexity index is 1270. The van der Waals surface area contributed by atoms with Gasteiger partial charge in [0.15, 0.2) is 5.76 Å². The minimum Gasteiger partial charge on any atom is -0.359 e. The first-order valence-corrected chi connectivity index (χ1v) is 11.4. The molecule has 0 bridgehead atoms. The van der Waals surface area contributed by atoms with Gasteiger partial charge in [-0.25, -0.2) is 18.1 Å². The highest BCUT2D eigenvalue weighted by Gasteiger charge is 2.44. The molecule has 1 fully saturated rings. The Morgan fingerprint density at radius 3 is 2.77 bits per heavy atom. The third-order valence-electron chi connectivity index (χ3n) is 5.75. The van der Waals surface area contributed by atoms with Gasteiger partial charge in [-0.05, 0) is 44.9 Å². The second-order valence-electron chi connectivity index (χ2n) is 8.36. The molecule has 31 heavy (non-hydrogen) atoms. The Kier molecular flexibility index (Phi) is 4.26. The molecular formula is C21H21N5O4S. The van der Waals surface area contributed by atoms with Gasteiger partial charge in [-0.15, -0.1) is 6.42 Å². The number of nitrogens with zero attached hydrogens (tertiary/aromatic N) is 4.